The van der Waals surface area contributed by atoms with Crippen molar-refractivity contribution >= 4 is 40.9 Å². The van der Waals surface area contributed by atoms with Crippen LogP contribution in [0.4, 0.5) is 5.69 Å². The van der Waals surface area contributed by atoms with Gasteiger partial charge < -0.3 is 9.47 Å². The van der Waals surface area contributed by atoms with Gasteiger partial charge in [0.15, 0.2) is 5.11 Å². The van der Waals surface area contributed by atoms with Crippen LogP contribution in [-0.4, -0.2) is 24.0 Å². The van der Waals surface area contributed by atoms with E-state index in [9.17, 15) is 9.59 Å². The zero-order valence-corrected chi connectivity index (χ0v) is 19.2. The minimum atomic E-state index is -0.529. The van der Waals surface area contributed by atoms with Crippen LogP contribution in [0.25, 0.3) is 6.08 Å². The largest absolute Gasteiger partial charge is 0.496 e. The van der Waals surface area contributed by atoms with Crippen LogP contribution in [0.2, 0.25) is 0 Å². The molecule has 0 radical (unpaired) electrons. The van der Waals surface area contributed by atoms with E-state index in [1.165, 1.54) is 4.90 Å². The van der Waals surface area contributed by atoms with Crippen LogP contribution in [0, 0.1) is 13.8 Å². The maximum Gasteiger partial charge on any atom is 0.270 e. The van der Waals surface area contributed by atoms with Crippen molar-refractivity contribution < 1.29 is 19.1 Å². The number of carbonyl (C=O) groups is 2. The molecule has 166 valence electrons. The van der Waals surface area contributed by atoms with Gasteiger partial charge in [0.25, 0.3) is 11.8 Å². The van der Waals surface area contributed by atoms with Crippen molar-refractivity contribution in [1.82, 2.24) is 5.32 Å². The first kappa shape index (κ1) is 22.2. The van der Waals surface area contributed by atoms with E-state index >= 15 is 0 Å². The SMILES string of the molecule is COc1ccc(C=C2C(=O)NC(=S)N(c3ccc(Oc4ccccc4)cc3)C2=O)c(C)c1C. The number of anilines is 1. The van der Waals surface area contributed by atoms with Crippen LogP contribution < -0.4 is 19.7 Å². The molecule has 3 aromatic carbocycles. The number of nitrogens with zero attached hydrogens (tertiary/aromatic N) is 1. The average Bonchev–Trinajstić information content (AvgIpc) is 2.81. The second-order valence-electron chi connectivity index (χ2n) is 7.47. The molecule has 0 atom stereocenters. The Hall–Kier alpha value is -3.97. The van der Waals surface area contributed by atoms with Gasteiger partial charge in [-0.05, 0) is 91.3 Å². The minimum absolute atomic E-state index is 0.000814. The summed E-state index contributed by atoms with van der Waals surface area (Å²) in [6.45, 7) is 3.85. The van der Waals surface area contributed by atoms with Gasteiger partial charge in [-0.15, -0.1) is 0 Å². The number of amides is 2. The second-order valence-corrected chi connectivity index (χ2v) is 7.86. The highest BCUT2D eigenvalue weighted by atomic mass is 32.1. The van der Waals surface area contributed by atoms with Crippen LogP contribution in [0.15, 0.2) is 72.3 Å². The van der Waals surface area contributed by atoms with Crippen LogP contribution in [-0.2, 0) is 9.59 Å². The predicted octanol–water partition coefficient (Wildman–Crippen LogP) is 4.94. The third kappa shape index (κ3) is 4.49. The molecular weight excluding hydrogens is 436 g/mol. The molecule has 33 heavy (non-hydrogen) atoms. The van der Waals surface area contributed by atoms with Gasteiger partial charge in [-0.2, -0.15) is 0 Å². The van der Waals surface area contributed by atoms with E-state index in [-0.39, 0.29) is 10.7 Å². The first-order valence-electron chi connectivity index (χ1n) is 10.3. The number of methoxy groups -OCH3 is 1. The quantitative estimate of drug-likeness (QED) is 0.333. The first-order chi connectivity index (χ1) is 15.9. The summed E-state index contributed by atoms with van der Waals surface area (Å²) < 4.78 is 11.2. The highest BCUT2D eigenvalue weighted by molar-refractivity contribution is 7.80. The van der Waals surface area contributed by atoms with Crippen LogP contribution in [0.1, 0.15) is 16.7 Å². The van der Waals surface area contributed by atoms with E-state index in [4.69, 9.17) is 21.7 Å². The molecule has 2 amide bonds. The molecule has 0 aromatic heterocycles. The maximum atomic E-state index is 13.3. The van der Waals surface area contributed by atoms with Gasteiger partial charge in [0.2, 0.25) is 0 Å². The molecule has 6 nitrogen and oxygen atoms in total. The Morgan fingerprint density at radius 2 is 1.55 bits per heavy atom. The Bertz CT molecular complexity index is 1270. The van der Waals surface area contributed by atoms with Gasteiger partial charge >= 0.3 is 0 Å². The van der Waals surface area contributed by atoms with Crippen molar-refractivity contribution in [2.45, 2.75) is 13.8 Å². The summed E-state index contributed by atoms with van der Waals surface area (Å²) in [4.78, 5) is 27.2. The van der Waals surface area contributed by atoms with Gasteiger partial charge in [0.05, 0.1) is 12.8 Å². The van der Waals surface area contributed by atoms with Crippen molar-refractivity contribution in [3.63, 3.8) is 0 Å². The van der Waals surface area contributed by atoms with Gasteiger partial charge in [-0.1, -0.05) is 24.3 Å². The number of hydrogen-bond acceptors (Lipinski definition) is 5. The highest BCUT2D eigenvalue weighted by Crippen LogP contribution is 2.29. The molecule has 4 rings (SSSR count). The molecule has 0 unspecified atom stereocenters. The highest BCUT2D eigenvalue weighted by Gasteiger charge is 2.34. The summed E-state index contributed by atoms with van der Waals surface area (Å²) in [5, 5.41) is 2.64. The Kier molecular flexibility index (Phi) is 6.24. The molecule has 0 saturated carbocycles. The number of benzene rings is 3. The third-order valence-electron chi connectivity index (χ3n) is 5.47. The lowest BCUT2D eigenvalue weighted by molar-refractivity contribution is -0.122. The first-order valence-corrected chi connectivity index (χ1v) is 10.7. The molecule has 1 heterocycles. The number of nitrogens with one attached hydrogen (secondary N) is 1. The van der Waals surface area contributed by atoms with E-state index in [1.54, 1.807) is 37.5 Å². The Balaban J connectivity index is 1.63. The molecule has 1 fully saturated rings. The molecular formula is C26H22N2O4S. The molecule has 1 aliphatic heterocycles. The van der Waals surface area contributed by atoms with Crippen molar-refractivity contribution in [2.24, 2.45) is 0 Å². The molecule has 1 N–H and O–H groups in total. The standard InChI is InChI=1S/C26H22N2O4S/c1-16-17(2)23(31-3)14-9-18(16)15-22-24(29)27-26(33)28(25(22)30)19-10-12-21(13-11-19)32-20-7-5-4-6-8-20/h4-15H,1-3H3,(H,27,29,33). The topological polar surface area (TPSA) is 67.9 Å². The molecule has 3 aromatic rings. The number of carbonyl (C=O) groups excluding carboxylic acids is 2. The second kappa shape index (κ2) is 9.26. The number of para-hydroxylation sites is 1. The summed E-state index contributed by atoms with van der Waals surface area (Å²) >= 11 is 5.30. The minimum Gasteiger partial charge on any atom is -0.496 e. The predicted molar refractivity (Wildman–Crippen MR) is 132 cm³/mol. The molecule has 0 bridgehead atoms. The number of rotatable bonds is 5. The number of ether oxygens (including phenoxy) is 2. The lowest BCUT2D eigenvalue weighted by atomic mass is 9.99. The van der Waals surface area contributed by atoms with Crippen LogP contribution in [0.3, 0.4) is 0 Å². The zero-order valence-electron chi connectivity index (χ0n) is 18.4. The molecule has 0 aliphatic carbocycles. The van der Waals surface area contributed by atoms with Crippen molar-refractivity contribution in [3.05, 3.63) is 89.0 Å². The van der Waals surface area contributed by atoms with E-state index in [1.807, 2.05) is 56.3 Å². The third-order valence-corrected chi connectivity index (χ3v) is 5.76. The van der Waals surface area contributed by atoms with E-state index in [2.05, 4.69) is 5.32 Å². The fourth-order valence-electron chi connectivity index (χ4n) is 3.53. The van der Waals surface area contributed by atoms with Gasteiger partial charge in [0.1, 0.15) is 22.8 Å². The Labute approximate surface area is 197 Å². The van der Waals surface area contributed by atoms with Crippen molar-refractivity contribution in [3.8, 4) is 17.2 Å². The maximum absolute atomic E-state index is 13.3. The smallest absolute Gasteiger partial charge is 0.270 e. The zero-order chi connectivity index (χ0) is 23.5. The monoisotopic (exact) mass is 458 g/mol. The van der Waals surface area contributed by atoms with Gasteiger partial charge in [0, 0.05) is 0 Å². The Morgan fingerprint density at radius 3 is 2.21 bits per heavy atom. The van der Waals surface area contributed by atoms with Gasteiger partial charge in [-0.25, -0.2) is 0 Å². The molecule has 7 heteroatoms. The normalized spacial score (nSPS) is 14.9. The summed E-state index contributed by atoms with van der Waals surface area (Å²) in [6, 6.07) is 20.0. The summed E-state index contributed by atoms with van der Waals surface area (Å²) in [5.74, 6) is 1.04. The van der Waals surface area contributed by atoms with Gasteiger partial charge in [-0.3, -0.25) is 19.8 Å². The van der Waals surface area contributed by atoms with E-state index in [0.29, 0.717) is 17.2 Å². The Morgan fingerprint density at radius 1 is 0.879 bits per heavy atom. The average molecular weight is 459 g/mol. The molecule has 0 spiro atoms. The van der Waals surface area contributed by atoms with E-state index in [0.717, 1.165) is 22.4 Å². The van der Waals surface area contributed by atoms with Crippen LogP contribution >= 0.6 is 12.2 Å². The molecule has 1 aliphatic rings. The van der Waals surface area contributed by atoms with E-state index < -0.39 is 11.8 Å². The number of thiocarbonyl (C=S) groups is 1. The fraction of sp³-hybridized carbons (Fsp3) is 0.115. The lowest BCUT2D eigenvalue weighted by Gasteiger charge is -2.29. The van der Waals surface area contributed by atoms with Crippen molar-refractivity contribution in [1.29, 1.82) is 0 Å². The summed E-state index contributed by atoms with van der Waals surface area (Å²) in [7, 11) is 1.60. The molecule has 1 saturated heterocycles. The summed E-state index contributed by atoms with van der Waals surface area (Å²) in [6.07, 6.45) is 1.58. The summed E-state index contributed by atoms with van der Waals surface area (Å²) in [5.41, 5.74) is 3.15. The lowest BCUT2D eigenvalue weighted by Crippen LogP contribution is -2.54. The van der Waals surface area contributed by atoms with Crippen LogP contribution in [0.5, 0.6) is 17.2 Å². The fourth-order valence-corrected chi connectivity index (χ4v) is 3.81. The van der Waals surface area contributed by atoms with Crippen molar-refractivity contribution in [2.75, 3.05) is 12.0 Å². The number of hydrogen-bond donors (Lipinski definition) is 1.